The van der Waals surface area contributed by atoms with Crippen molar-refractivity contribution < 1.29 is 28.9 Å². The Kier molecular flexibility index (Phi) is 6.05. The van der Waals surface area contributed by atoms with Gasteiger partial charge in [0.2, 0.25) is 17.6 Å². The molecule has 0 aromatic carbocycles. The van der Waals surface area contributed by atoms with Crippen LogP contribution in [0.25, 0.3) is 17.1 Å². The third-order valence-electron chi connectivity index (χ3n) is 4.75. The number of fused-ring (bicyclic) bond motifs is 1. The number of ether oxygens (including phenoxy) is 3. The van der Waals surface area contributed by atoms with Crippen molar-refractivity contribution in [3.05, 3.63) is 35.8 Å². The first kappa shape index (κ1) is 20.0. The number of aromatic amines is 1. The van der Waals surface area contributed by atoms with Gasteiger partial charge < -0.3 is 24.3 Å². The van der Waals surface area contributed by atoms with Crippen LogP contribution in [0.15, 0.2) is 35.4 Å². The van der Waals surface area contributed by atoms with Gasteiger partial charge in [-0.1, -0.05) is 0 Å². The van der Waals surface area contributed by atoms with Gasteiger partial charge in [0.05, 0.1) is 32.9 Å². The first-order valence-corrected chi connectivity index (χ1v) is 9.72. The maximum Gasteiger partial charge on any atom is 0.326 e. The summed E-state index contributed by atoms with van der Waals surface area (Å²) in [7, 11) is 0. The van der Waals surface area contributed by atoms with Gasteiger partial charge in [-0.05, 0) is 18.2 Å². The third kappa shape index (κ3) is 4.19. The number of rotatable bonds is 6. The molecule has 2 fully saturated rings. The van der Waals surface area contributed by atoms with Gasteiger partial charge >= 0.3 is 5.97 Å². The molecule has 2 aliphatic rings. The third-order valence-corrected chi connectivity index (χ3v) is 4.75. The normalized spacial score (nSPS) is 22.1. The molecule has 2 aromatic heterocycles. The lowest BCUT2D eigenvalue weighted by atomic mass is 10.0. The van der Waals surface area contributed by atoms with Crippen LogP contribution in [0.4, 0.5) is 0 Å². The average Bonchev–Trinajstić information content (AvgIpc) is 3.30. The van der Waals surface area contributed by atoms with E-state index in [4.69, 9.17) is 19.3 Å². The van der Waals surface area contributed by atoms with Crippen LogP contribution in [0, 0.1) is 5.92 Å². The fourth-order valence-electron chi connectivity index (χ4n) is 3.21. The zero-order valence-electron chi connectivity index (χ0n) is 16.2. The summed E-state index contributed by atoms with van der Waals surface area (Å²) in [4.78, 5) is 32.8. The van der Waals surface area contributed by atoms with Crippen molar-refractivity contribution in [1.29, 1.82) is 0 Å². The number of nitrogens with one attached hydrogen (secondary N) is 1. The molecule has 2 N–H and O–H groups in total. The van der Waals surface area contributed by atoms with E-state index < -0.39 is 17.7 Å². The van der Waals surface area contributed by atoms with Crippen LogP contribution >= 0.6 is 0 Å². The lowest BCUT2D eigenvalue weighted by Crippen LogP contribution is -2.35. The number of aliphatic hydroxyl groups is 1. The number of esters is 1. The van der Waals surface area contributed by atoms with Crippen molar-refractivity contribution in [3.8, 4) is 0 Å². The van der Waals surface area contributed by atoms with Crippen LogP contribution < -0.4 is 0 Å². The van der Waals surface area contributed by atoms with Gasteiger partial charge in [0.15, 0.2) is 5.76 Å². The molecule has 4 rings (SSSR count). The van der Waals surface area contributed by atoms with Crippen LogP contribution in [0.3, 0.4) is 0 Å². The summed E-state index contributed by atoms with van der Waals surface area (Å²) in [5.41, 5.74) is 1.39. The maximum absolute atomic E-state index is 13.0. The van der Waals surface area contributed by atoms with Gasteiger partial charge in [-0.25, -0.2) is 4.98 Å². The largest absolute Gasteiger partial charge is 0.465 e. The van der Waals surface area contributed by atoms with Gasteiger partial charge in [0, 0.05) is 36.4 Å². The highest BCUT2D eigenvalue weighted by Crippen LogP contribution is 2.28. The number of ketones is 1. The lowest BCUT2D eigenvalue weighted by Gasteiger charge is -2.24. The highest BCUT2D eigenvalue weighted by molar-refractivity contribution is 6.27. The Balaban J connectivity index is 1.63. The van der Waals surface area contributed by atoms with Crippen molar-refractivity contribution in [3.63, 3.8) is 0 Å². The predicted octanol–water partition coefficient (Wildman–Crippen LogP) is 0.691. The second-order valence-corrected chi connectivity index (χ2v) is 6.80. The zero-order valence-corrected chi connectivity index (χ0v) is 16.2. The number of Topliss-reactive ketones (excluding diaryl/α,β-unsaturated/α-hetero) is 1. The van der Waals surface area contributed by atoms with Crippen molar-refractivity contribution in [1.82, 2.24) is 15.0 Å². The van der Waals surface area contributed by atoms with Crippen LogP contribution in [0.1, 0.15) is 12.0 Å². The number of carbonyl (C=O) groups excluding carboxylic acids is 2. The minimum atomic E-state index is -1.28. The number of aliphatic hydroxyl groups excluding tert-OH is 1. The number of morpholine rings is 1. The Hall–Kier alpha value is -3.24. The van der Waals surface area contributed by atoms with Crippen molar-refractivity contribution in [2.75, 3.05) is 39.5 Å². The van der Waals surface area contributed by atoms with E-state index in [1.165, 1.54) is 0 Å². The molecule has 2 aliphatic heterocycles. The van der Waals surface area contributed by atoms with Gasteiger partial charge in [-0.3, -0.25) is 14.6 Å². The molecule has 0 saturated carbocycles. The monoisotopic (exact) mass is 414 g/mol. The number of hydrazone groups is 1. The molecule has 1 unspecified atom stereocenters. The molecule has 1 atom stereocenters. The summed E-state index contributed by atoms with van der Waals surface area (Å²) in [5.74, 6) is -2.55. The van der Waals surface area contributed by atoms with E-state index in [-0.39, 0.29) is 31.3 Å². The summed E-state index contributed by atoms with van der Waals surface area (Å²) < 4.78 is 16.2. The average molecular weight is 414 g/mol. The first-order valence-electron chi connectivity index (χ1n) is 9.72. The van der Waals surface area contributed by atoms with E-state index in [2.05, 4.69) is 15.1 Å². The summed E-state index contributed by atoms with van der Waals surface area (Å²) in [6.45, 7) is 1.96. The van der Waals surface area contributed by atoms with E-state index in [1.54, 1.807) is 29.5 Å². The fraction of sp³-hybridized carbons (Fsp3) is 0.400. The van der Waals surface area contributed by atoms with E-state index in [1.807, 2.05) is 6.07 Å². The highest BCUT2D eigenvalue weighted by atomic mass is 16.5. The number of pyridine rings is 1. The Bertz CT molecular complexity index is 992. The van der Waals surface area contributed by atoms with E-state index in [0.29, 0.717) is 37.5 Å². The molecule has 0 spiro atoms. The Morgan fingerprint density at radius 2 is 2.27 bits per heavy atom. The number of nitrogens with zero attached hydrogens (tertiary/aromatic N) is 3. The summed E-state index contributed by atoms with van der Waals surface area (Å²) >= 11 is 0. The molecular weight excluding hydrogens is 392 g/mol. The van der Waals surface area contributed by atoms with Crippen molar-refractivity contribution in [2.24, 2.45) is 11.0 Å². The highest BCUT2D eigenvalue weighted by Gasteiger charge is 2.45. The predicted molar refractivity (Wildman–Crippen MR) is 106 cm³/mol. The SMILES string of the molecule is O=C(OCCCO)C1C(=O)/C(=C/c2c[nH]c3ncccc23)OC1=NN1CCOCC1. The number of hydrogen-bond donors (Lipinski definition) is 2. The minimum Gasteiger partial charge on any atom is -0.465 e. The molecule has 2 saturated heterocycles. The van der Waals surface area contributed by atoms with Gasteiger partial charge in [0.1, 0.15) is 5.65 Å². The van der Waals surface area contributed by atoms with Crippen LogP contribution in [-0.2, 0) is 23.8 Å². The number of aromatic nitrogens is 2. The molecule has 10 nitrogen and oxygen atoms in total. The van der Waals surface area contributed by atoms with Crippen LogP contribution in [-0.4, -0.2) is 77.3 Å². The Morgan fingerprint density at radius 3 is 3.07 bits per heavy atom. The summed E-state index contributed by atoms with van der Waals surface area (Å²) in [6, 6.07) is 3.66. The molecule has 0 amide bonds. The first-order chi connectivity index (χ1) is 14.7. The molecule has 158 valence electrons. The van der Waals surface area contributed by atoms with E-state index in [0.717, 1.165) is 5.39 Å². The van der Waals surface area contributed by atoms with Gasteiger partial charge in [-0.15, -0.1) is 5.10 Å². The van der Waals surface area contributed by atoms with Crippen LogP contribution in [0.2, 0.25) is 0 Å². The van der Waals surface area contributed by atoms with E-state index in [9.17, 15) is 9.59 Å². The number of allylic oxidation sites excluding steroid dienone is 1. The number of carbonyl (C=O) groups is 2. The van der Waals surface area contributed by atoms with Gasteiger partial charge in [-0.2, -0.15) is 0 Å². The molecule has 10 heteroatoms. The molecule has 0 radical (unpaired) electrons. The second-order valence-electron chi connectivity index (χ2n) is 6.80. The van der Waals surface area contributed by atoms with Crippen LogP contribution in [0.5, 0.6) is 0 Å². The smallest absolute Gasteiger partial charge is 0.326 e. The second kappa shape index (κ2) is 9.06. The quantitative estimate of drug-likeness (QED) is 0.306. The number of H-pyrrole nitrogens is 1. The molecule has 2 aromatic rings. The molecule has 0 bridgehead atoms. The fourth-order valence-corrected chi connectivity index (χ4v) is 3.21. The molecule has 30 heavy (non-hydrogen) atoms. The lowest BCUT2D eigenvalue weighted by molar-refractivity contribution is -0.148. The standard InChI is InChI=1S/C20H22N4O6/c25-7-2-8-29-20(27)16-17(26)15(30-19(16)23-24-5-9-28-10-6-24)11-13-12-22-18-14(13)3-1-4-21-18/h1,3-4,11-12,16,25H,2,5-10H2,(H,21,22)/b15-11-,23-19?. The zero-order chi connectivity index (χ0) is 20.9. The number of hydrogen-bond acceptors (Lipinski definition) is 9. The summed E-state index contributed by atoms with van der Waals surface area (Å²) in [5, 5.41) is 15.8. The van der Waals surface area contributed by atoms with Crippen molar-refractivity contribution >= 4 is 34.8 Å². The topological polar surface area (TPSA) is 126 Å². The summed E-state index contributed by atoms with van der Waals surface area (Å²) in [6.07, 6.45) is 5.23. The maximum atomic E-state index is 13.0. The van der Waals surface area contributed by atoms with E-state index >= 15 is 0 Å². The molecule has 4 heterocycles. The Morgan fingerprint density at radius 1 is 1.43 bits per heavy atom. The minimum absolute atomic E-state index is 0.0101. The molecule has 0 aliphatic carbocycles. The van der Waals surface area contributed by atoms with Gasteiger partial charge in [0.25, 0.3) is 0 Å². The molecular formula is C20H22N4O6. The Labute approximate surface area is 172 Å². The van der Waals surface area contributed by atoms with Crippen molar-refractivity contribution in [2.45, 2.75) is 6.42 Å².